The van der Waals surface area contributed by atoms with Crippen molar-refractivity contribution in [2.75, 3.05) is 7.11 Å². The number of halogens is 4. The molecule has 0 unspecified atom stereocenters. The summed E-state index contributed by atoms with van der Waals surface area (Å²) in [5, 5.41) is 22.8. The third kappa shape index (κ3) is 6.53. The molecule has 15 heteroatoms. The van der Waals surface area contributed by atoms with Gasteiger partial charge in [-0.25, -0.2) is 14.5 Å². The van der Waals surface area contributed by atoms with Crippen LogP contribution in [0.25, 0.3) is 0 Å². The van der Waals surface area contributed by atoms with E-state index in [-0.39, 0.29) is 28.6 Å². The second-order valence-corrected chi connectivity index (χ2v) is 8.84. The maximum absolute atomic E-state index is 13.7. The lowest BCUT2D eigenvalue weighted by Crippen LogP contribution is -2.32. The van der Waals surface area contributed by atoms with Gasteiger partial charge in [-0.1, -0.05) is 23.7 Å². The highest BCUT2D eigenvalue weighted by atomic mass is 35.5. The molecule has 0 bridgehead atoms. The zero-order chi connectivity index (χ0) is 29.9. The second kappa shape index (κ2) is 11.5. The van der Waals surface area contributed by atoms with Crippen LogP contribution in [-0.2, 0) is 19.3 Å². The highest BCUT2D eigenvalue weighted by molar-refractivity contribution is 6.30. The third-order valence-corrected chi connectivity index (χ3v) is 5.78. The van der Waals surface area contributed by atoms with Gasteiger partial charge in [-0.15, -0.1) is 0 Å². The molecule has 2 aromatic heterocycles. The summed E-state index contributed by atoms with van der Waals surface area (Å²) >= 11 is 5.90. The Morgan fingerprint density at radius 1 is 1.07 bits per heavy atom. The van der Waals surface area contributed by atoms with Crippen LogP contribution in [-0.4, -0.2) is 37.5 Å². The van der Waals surface area contributed by atoms with E-state index >= 15 is 0 Å². The number of aromatic carboxylic acids is 1. The van der Waals surface area contributed by atoms with Crippen molar-refractivity contribution in [3.05, 3.63) is 109 Å². The van der Waals surface area contributed by atoms with Gasteiger partial charge in [-0.3, -0.25) is 14.2 Å². The number of benzene rings is 2. The van der Waals surface area contributed by atoms with E-state index in [1.54, 1.807) is 30.3 Å². The minimum absolute atomic E-state index is 0.0265. The second-order valence-electron chi connectivity index (χ2n) is 8.41. The fourth-order valence-electron chi connectivity index (χ4n) is 3.69. The summed E-state index contributed by atoms with van der Waals surface area (Å²) in [7, 11) is 1.47. The smallest absolute Gasteiger partial charge is 0.437 e. The van der Waals surface area contributed by atoms with Crippen molar-refractivity contribution in [1.29, 1.82) is 5.26 Å². The molecule has 0 amide bonds. The highest BCUT2D eigenvalue weighted by Crippen LogP contribution is 2.35. The van der Waals surface area contributed by atoms with Gasteiger partial charge in [-0.05, 0) is 42.0 Å². The van der Waals surface area contributed by atoms with Crippen LogP contribution in [0, 0.1) is 11.3 Å². The van der Waals surface area contributed by atoms with Crippen LogP contribution in [0.15, 0.2) is 64.4 Å². The lowest BCUT2D eigenvalue weighted by Gasteiger charge is -2.15. The first-order chi connectivity index (χ1) is 19.4. The van der Waals surface area contributed by atoms with Gasteiger partial charge in [0.05, 0.1) is 43.9 Å². The maximum Gasteiger partial charge on any atom is 0.437 e. The number of carboxylic acid groups (broad SMARTS) is 1. The van der Waals surface area contributed by atoms with E-state index in [1.807, 2.05) is 0 Å². The summed E-state index contributed by atoms with van der Waals surface area (Å²) in [6, 6.07) is 12.6. The quantitative estimate of drug-likeness (QED) is 0.323. The van der Waals surface area contributed by atoms with Gasteiger partial charge >= 0.3 is 12.1 Å². The minimum Gasteiger partial charge on any atom is -0.497 e. The Labute approximate surface area is 233 Å². The molecule has 0 atom stereocenters. The van der Waals surface area contributed by atoms with Gasteiger partial charge in [0.1, 0.15) is 17.1 Å². The standard InChI is InChI=1S/C26H17ClF3N5O6/c1-40-18-4-2-14(3-5-18)11-35-23(36)20(25(38)39)9-17(33-35)12-34-13-32-22(26(28,29)30)21(24(34)37)41-19-7-15(10-31)6-16(27)8-19/h2-9,13H,11-12H2,1H3,(H,38,39). The Kier molecular flexibility index (Phi) is 8.11. The van der Waals surface area contributed by atoms with Crippen molar-refractivity contribution in [1.82, 2.24) is 19.3 Å². The number of aromatic nitrogens is 4. The van der Waals surface area contributed by atoms with Crippen LogP contribution in [0.5, 0.6) is 17.2 Å². The summed E-state index contributed by atoms with van der Waals surface area (Å²) in [4.78, 5) is 41.0. The first-order valence-electron chi connectivity index (χ1n) is 11.4. The van der Waals surface area contributed by atoms with E-state index in [0.717, 1.165) is 22.9 Å². The molecule has 4 rings (SSSR count). The Hall–Kier alpha value is -5.16. The van der Waals surface area contributed by atoms with Crippen molar-refractivity contribution in [3.63, 3.8) is 0 Å². The highest BCUT2D eigenvalue weighted by Gasteiger charge is 2.39. The SMILES string of the molecule is COc1ccc(Cn2nc(Cn3cnc(C(F)(F)F)c(Oc4cc(Cl)cc(C#N)c4)c3=O)cc(C(=O)O)c2=O)cc1. The minimum atomic E-state index is -5.09. The van der Waals surface area contributed by atoms with Crippen LogP contribution in [0.1, 0.15) is 32.9 Å². The molecule has 0 spiro atoms. The number of nitriles is 1. The number of methoxy groups -OCH3 is 1. The summed E-state index contributed by atoms with van der Waals surface area (Å²) in [5.41, 5.74) is -4.15. The molecule has 4 aromatic rings. The molecule has 0 aliphatic heterocycles. The Morgan fingerprint density at radius 3 is 2.39 bits per heavy atom. The average Bonchev–Trinajstić information content (AvgIpc) is 2.91. The van der Waals surface area contributed by atoms with Crippen LogP contribution in [0.2, 0.25) is 5.02 Å². The molecular formula is C26H17ClF3N5O6. The van der Waals surface area contributed by atoms with E-state index in [1.165, 1.54) is 13.2 Å². The fourth-order valence-corrected chi connectivity index (χ4v) is 3.92. The molecule has 11 nitrogen and oxygen atoms in total. The molecule has 2 heterocycles. The van der Waals surface area contributed by atoms with Crippen molar-refractivity contribution in [3.8, 4) is 23.3 Å². The van der Waals surface area contributed by atoms with Gasteiger partial charge < -0.3 is 14.6 Å². The number of carbonyl (C=O) groups is 1. The summed E-state index contributed by atoms with van der Waals surface area (Å²) < 4.78 is 53.0. The Balaban J connectivity index is 1.77. The topological polar surface area (TPSA) is 149 Å². The fraction of sp³-hybridized carbons (Fsp3) is 0.154. The Bertz CT molecular complexity index is 1800. The molecule has 0 fully saturated rings. The molecular weight excluding hydrogens is 571 g/mol. The lowest BCUT2D eigenvalue weighted by atomic mass is 10.2. The largest absolute Gasteiger partial charge is 0.497 e. The summed E-state index contributed by atoms with van der Waals surface area (Å²) in [5.74, 6) is -2.56. The summed E-state index contributed by atoms with van der Waals surface area (Å²) in [6.45, 7) is -0.718. The van der Waals surface area contributed by atoms with Gasteiger partial charge in [0.2, 0.25) is 5.75 Å². The number of hydrogen-bond donors (Lipinski definition) is 1. The molecule has 0 saturated carbocycles. The van der Waals surface area contributed by atoms with Gasteiger partial charge in [0.25, 0.3) is 11.1 Å². The predicted octanol–water partition coefficient (Wildman–Crippen LogP) is 3.94. The Morgan fingerprint density at radius 2 is 1.78 bits per heavy atom. The van der Waals surface area contributed by atoms with Crippen LogP contribution < -0.4 is 20.6 Å². The summed E-state index contributed by atoms with van der Waals surface area (Å²) in [6.07, 6.45) is -4.50. The molecule has 0 aliphatic rings. The maximum atomic E-state index is 13.7. The van der Waals surface area contributed by atoms with Crippen molar-refractivity contribution in [2.24, 2.45) is 0 Å². The number of ether oxygens (including phenoxy) is 2. The van der Waals surface area contributed by atoms with Gasteiger partial charge in [0.15, 0.2) is 5.69 Å². The number of nitrogens with zero attached hydrogens (tertiary/aromatic N) is 5. The van der Waals surface area contributed by atoms with E-state index in [0.29, 0.717) is 22.2 Å². The van der Waals surface area contributed by atoms with Crippen molar-refractivity contribution in [2.45, 2.75) is 19.3 Å². The van der Waals surface area contributed by atoms with E-state index in [4.69, 9.17) is 26.3 Å². The molecule has 41 heavy (non-hydrogen) atoms. The van der Waals surface area contributed by atoms with Crippen molar-refractivity contribution < 1.29 is 32.5 Å². The van der Waals surface area contributed by atoms with Crippen molar-refractivity contribution >= 4 is 17.6 Å². The predicted molar refractivity (Wildman–Crippen MR) is 136 cm³/mol. The number of rotatable bonds is 8. The monoisotopic (exact) mass is 587 g/mol. The van der Waals surface area contributed by atoms with Crippen LogP contribution in [0.3, 0.4) is 0 Å². The molecule has 0 saturated heterocycles. The first kappa shape index (κ1) is 28.8. The third-order valence-electron chi connectivity index (χ3n) is 5.56. The number of hydrogen-bond acceptors (Lipinski definition) is 8. The average molecular weight is 588 g/mol. The first-order valence-corrected chi connectivity index (χ1v) is 11.8. The van der Waals surface area contributed by atoms with E-state index in [2.05, 4.69) is 10.1 Å². The lowest BCUT2D eigenvalue weighted by molar-refractivity contribution is -0.142. The zero-order valence-corrected chi connectivity index (χ0v) is 21.6. The van der Waals surface area contributed by atoms with Gasteiger partial charge in [0, 0.05) is 5.02 Å². The van der Waals surface area contributed by atoms with E-state index in [9.17, 15) is 32.7 Å². The molecule has 1 N–H and O–H groups in total. The van der Waals surface area contributed by atoms with E-state index < -0.39 is 46.8 Å². The zero-order valence-electron chi connectivity index (χ0n) is 20.8. The van der Waals surface area contributed by atoms with Crippen LogP contribution >= 0.6 is 11.6 Å². The molecule has 0 radical (unpaired) electrons. The number of carboxylic acids is 1. The molecule has 0 aliphatic carbocycles. The van der Waals surface area contributed by atoms with Crippen LogP contribution in [0.4, 0.5) is 13.2 Å². The van der Waals surface area contributed by atoms with Gasteiger partial charge in [-0.2, -0.15) is 23.5 Å². The molecule has 210 valence electrons. The molecule has 2 aromatic carbocycles. The normalized spacial score (nSPS) is 11.1. The number of alkyl halides is 3.